The lowest BCUT2D eigenvalue weighted by Gasteiger charge is -2.11. The Morgan fingerprint density at radius 2 is 1.74 bits per heavy atom. The summed E-state index contributed by atoms with van der Waals surface area (Å²) in [6.07, 6.45) is 0. The number of halogens is 1. The monoisotopic (exact) mass is 272 g/mol. The molecule has 0 spiro atoms. The van der Waals surface area contributed by atoms with Crippen LogP contribution in [-0.2, 0) is 4.79 Å². The third kappa shape index (κ3) is 3.20. The van der Waals surface area contributed by atoms with Crippen molar-refractivity contribution < 1.29 is 4.79 Å². The first-order valence-corrected chi connectivity index (χ1v) is 6.17. The highest BCUT2D eigenvalue weighted by atomic mass is 35.5. The van der Waals surface area contributed by atoms with Crippen molar-refractivity contribution in [1.82, 2.24) is 0 Å². The minimum Gasteiger partial charge on any atom is -0.326 e. The lowest BCUT2D eigenvalue weighted by Crippen LogP contribution is -2.11. The Bertz CT molecular complexity index is 620. The van der Waals surface area contributed by atoms with Crippen LogP contribution in [0, 0.1) is 5.41 Å². The SMILES string of the molecule is CC(=O)Nc1ccccc1C(=N)c1ccc(Cl)cc1. The van der Waals surface area contributed by atoms with Crippen LogP contribution >= 0.6 is 11.6 Å². The lowest BCUT2D eigenvalue weighted by atomic mass is 10.0. The Morgan fingerprint density at radius 3 is 2.37 bits per heavy atom. The van der Waals surface area contributed by atoms with Crippen molar-refractivity contribution >= 4 is 28.9 Å². The first-order chi connectivity index (χ1) is 9.08. The molecule has 0 atom stereocenters. The van der Waals surface area contributed by atoms with Crippen molar-refractivity contribution in [2.75, 3.05) is 5.32 Å². The third-order valence-corrected chi connectivity index (χ3v) is 2.89. The van der Waals surface area contributed by atoms with Crippen molar-refractivity contribution in [2.45, 2.75) is 6.92 Å². The number of hydrogen-bond donors (Lipinski definition) is 2. The fraction of sp³-hybridized carbons (Fsp3) is 0.0667. The summed E-state index contributed by atoms with van der Waals surface area (Å²) in [7, 11) is 0. The molecule has 2 aromatic rings. The van der Waals surface area contributed by atoms with Gasteiger partial charge in [-0.15, -0.1) is 0 Å². The Morgan fingerprint density at radius 1 is 1.11 bits per heavy atom. The number of hydrogen-bond acceptors (Lipinski definition) is 2. The molecule has 96 valence electrons. The summed E-state index contributed by atoms with van der Waals surface area (Å²) in [5.74, 6) is -0.156. The number of rotatable bonds is 3. The molecule has 2 rings (SSSR count). The van der Waals surface area contributed by atoms with Gasteiger partial charge < -0.3 is 5.32 Å². The number of benzene rings is 2. The van der Waals surface area contributed by atoms with E-state index >= 15 is 0 Å². The summed E-state index contributed by atoms with van der Waals surface area (Å²) in [5.41, 5.74) is 2.41. The van der Waals surface area contributed by atoms with Crippen molar-refractivity contribution in [3.63, 3.8) is 0 Å². The predicted molar refractivity (Wildman–Crippen MR) is 78.1 cm³/mol. The molecule has 0 aliphatic rings. The number of carbonyl (C=O) groups is 1. The van der Waals surface area contributed by atoms with Crippen molar-refractivity contribution in [3.05, 3.63) is 64.7 Å². The highest BCUT2D eigenvalue weighted by molar-refractivity contribution is 6.30. The van der Waals surface area contributed by atoms with Crippen molar-refractivity contribution in [1.29, 1.82) is 5.41 Å². The summed E-state index contributed by atoms with van der Waals surface area (Å²) >= 11 is 5.83. The van der Waals surface area contributed by atoms with E-state index in [0.29, 0.717) is 22.0 Å². The Balaban J connectivity index is 2.38. The molecule has 1 amide bonds. The largest absolute Gasteiger partial charge is 0.326 e. The molecule has 0 bridgehead atoms. The maximum atomic E-state index is 11.2. The molecule has 4 heteroatoms. The molecule has 0 saturated heterocycles. The van der Waals surface area contributed by atoms with Crippen LogP contribution < -0.4 is 5.32 Å². The minimum atomic E-state index is -0.156. The Hall–Kier alpha value is -2.13. The van der Waals surface area contributed by atoms with E-state index in [1.165, 1.54) is 6.92 Å². The van der Waals surface area contributed by atoms with E-state index in [1.54, 1.807) is 30.3 Å². The van der Waals surface area contributed by atoms with E-state index < -0.39 is 0 Å². The zero-order chi connectivity index (χ0) is 13.8. The maximum absolute atomic E-state index is 11.2. The summed E-state index contributed by atoms with van der Waals surface area (Å²) in [5, 5.41) is 11.6. The third-order valence-electron chi connectivity index (χ3n) is 2.64. The zero-order valence-electron chi connectivity index (χ0n) is 10.4. The Labute approximate surface area is 116 Å². The van der Waals surface area contributed by atoms with Crippen LogP contribution in [0.25, 0.3) is 0 Å². The van der Waals surface area contributed by atoms with Gasteiger partial charge in [-0.3, -0.25) is 10.2 Å². The van der Waals surface area contributed by atoms with Gasteiger partial charge in [0.05, 0.1) is 11.4 Å². The topological polar surface area (TPSA) is 53.0 Å². The molecule has 0 heterocycles. The molecule has 19 heavy (non-hydrogen) atoms. The molecular formula is C15H13ClN2O. The van der Waals surface area contributed by atoms with Gasteiger partial charge in [0, 0.05) is 23.1 Å². The van der Waals surface area contributed by atoms with Crippen molar-refractivity contribution in [2.24, 2.45) is 0 Å². The minimum absolute atomic E-state index is 0.156. The van der Waals surface area contributed by atoms with Crippen LogP contribution in [-0.4, -0.2) is 11.6 Å². The second-order valence-electron chi connectivity index (χ2n) is 4.11. The Kier molecular flexibility index (Phi) is 3.97. The van der Waals surface area contributed by atoms with Crippen LogP contribution in [0.15, 0.2) is 48.5 Å². The summed E-state index contributed by atoms with van der Waals surface area (Å²) < 4.78 is 0. The number of carbonyl (C=O) groups excluding carboxylic acids is 1. The highest BCUT2D eigenvalue weighted by Gasteiger charge is 2.10. The molecule has 3 nitrogen and oxygen atoms in total. The van der Waals surface area contributed by atoms with Crippen LogP contribution in [0.5, 0.6) is 0 Å². The number of nitrogens with one attached hydrogen (secondary N) is 2. The molecule has 2 N–H and O–H groups in total. The van der Waals surface area contributed by atoms with Gasteiger partial charge in [-0.1, -0.05) is 41.9 Å². The first kappa shape index (κ1) is 13.3. The summed E-state index contributed by atoms with van der Waals surface area (Å²) in [6, 6.07) is 14.3. The standard InChI is InChI=1S/C15H13ClN2O/c1-10(19)18-14-5-3-2-4-13(14)15(17)11-6-8-12(16)9-7-11/h2-9,17H,1H3,(H,18,19). The molecular weight excluding hydrogens is 260 g/mol. The first-order valence-electron chi connectivity index (χ1n) is 5.79. The normalized spacial score (nSPS) is 10.0. The van der Waals surface area contributed by atoms with Gasteiger partial charge in [0.2, 0.25) is 5.91 Å². The number of amides is 1. The molecule has 0 aromatic heterocycles. The fourth-order valence-corrected chi connectivity index (χ4v) is 1.90. The molecule has 0 aliphatic heterocycles. The molecule has 0 saturated carbocycles. The predicted octanol–water partition coefficient (Wildman–Crippen LogP) is 3.71. The lowest BCUT2D eigenvalue weighted by molar-refractivity contribution is -0.114. The van der Waals surface area contributed by atoms with Gasteiger partial charge in [-0.2, -0.15) is 0 Å². The molecule has 0 radical (unpaired) electrons. The van der Waals surface area contributed by atoms with Gasteiger partial charge in [0.15, 0.2) is 0 Å². The van der Waals surface area contributed by atoms with Gasteiger partial charge in [-0.05, 0) is 18.2 Å². The van der Waals surface area contributed by atoms with Gasteiger partial charge in [0.1, 0.15) is 0 Å². The van der Waals surface area contributed by atoms with Crippen LogP contribution in [0.2, 0.25) is 5.02 Å². The molecule has 0 unspecified atom stereocenters. The maximum Gasteiger partial charge on any atom is 0.221 e. The smallest absolute Gasteiger partial charge is 0.221 e. The average Bonchev–Trinajstić information content (AvgIpc) is 2.39. The quantitative estimate of drug-likeness (QED) is 0.822. The molecule has 0 fully saturated rings. The second-order valence-corrected chi connectivity index (χ2v) is 4.55. The number of anilines is 1. The van der Waals surface area contributed by atoms with E-state index in [9.17, 15) is 4.79 Å². The van der Waals surface area contributed by atoms with Crippen LogP contribution in [0.4, 0.5) is 5.69 Å². The van der Waals surface area contributed by atoms with E-state index in [4.69, 9.17) is 17.0 Å². The van der Waals surface area contributed by atoms with Gasteiger partial charge in [0.25, 0.3) is 0 Å². The average molecular weight is 273 g/mol. The van der Waals surface area contributed by atoms with Crippen LogP contribution in [0.3, 0.4) is 0 Å². The molecule has 0 aliphatic carbocycles. The summed E-state index contributed by atoms with van der Waals surface area (Å²) in [6.45, 7) is 1.45. The second kappa shape index (κ2) is 5.67. The fourth-order valence-electron chi connectivity index (χ4n) is 1.77. The van der Waals surface area contributed by atoms with Crippen LogP contribution in [0.1, 0.15) is 18.1 Å². The zero-order valence-corrected chi connectivity index (χ0v) is 11.2. The van der Waals surface area contributed by atoms with E-state index in [0.717, 1.165) is 5.56 Å². The molecule has 2 aromatic carbocycles. The highest BCUT2D eigenvalue weighted by Crippen LogP contribution is 2.20. The van der Waals surface area contributed by atoms with Gasteiger partial charge in [-0.25, -0.2) is 0 Å². The summed E-state index contributed by atoms with van der Waals surface area (Å²) in [4.78, 5) is 11.2. The van der Waals surface area contributed by atoms with E-state index in [2.05, 4.69) is 5.32 Å². The van der Waals surface area contributed by atoms with E-state index in [1.807, 2.05) is 18.2 Å². The number of para-hydroxylation sites is 1. The van der Waals surface area contributed by atoms with E-state index in [-0.39, 0.29) is 5.91 Å². The van der Waals surface area contributed by atoms with Crippen molar-refractivity contribution in [3.8, 4) is 0 Å². The van der Waals surface area contributed by atoms with Gasteiger partial charge >= 0.3 is 0 Å².